The second-order valence-corrected chi connectivity index (χ2v) is 4.72. The number of carbonyl (C=O) groups is 1. The summed E-state index contributed by atoms with van der Waals surface area (Å²) in [4.78, 5) is 12.9. The standard InChI is InChI=1S/C13H18N2O2/c1-15(2)10-5-3-4-9(8-10)14-12-7-6-11(12)13(16)17/h3-5,8,11-12,14H,6-7H2,1-2H3,(H,16,17). The Hall–Kier alpha value is -1.71. The maximum Gasteiger partial charge on any atom is 0.308 e. The summed E-state index contributed by atoms with van der Waals surface area (Å²) in [7, 11) is 3.98. The number of anilines is 2. The summed E-state index contributed by atoms with van der Waals surface area (Å²) in [6, 6.07) is 8.10. The number of hydrogen-bond acceptors (Lipinski definition) is 3. The van der Waals surface area contributed by atoms with E-state index in [1.165, 1.54) is 0 Å². The van der Waals surface area contributed by atoms with E-state index in [1.807, 2.05) is 43.3 Å². The molecule has 0 aliphatic heterocycles. The number of carboxylic acids is 1. The topological polar surface area (TPSA) is 52.6 Å². The molecule has 2 N–H and O–H groups in total. The Labute approximate surface area is 101 Å². The van der Waals surface area contributed by atoms with E-state index in [2.05, 4.69) is 5.32 Å². The van der Waals surface area contributed by atoms with Crippen LogP contribution in [0, 0.1) is 5.92 Å². The van der Waals surface area contributed by atoms with E-state index < -0.39 is 5.97 Å². The molecule has 1 saturated carbocycles. The quantitative estimate of drug-likeness (QED) is 0.837. The highest BCUT2D eigenvalue weighted by Gasteiger charge is 2.36. The van der Waals surface area contributed by atoms with Crippen LogP contribution in [0.25, 0.3) is 0 Å². The van der Waals surface area contributed by atoms with E-state index in [0.29, 0.717) is 0 Å². The summed E-state index contributed by atoms with van der Waals surface area (Å²) in [6.07, 6.45) is 1.71. The summed E-state index contributed by atoms with van der Waals surface area (Å²) >= 11 is 0. The number of carboxylic acid groups (broad SMARTS) is 1. The van der Waals surface area contributed by atoms with Crippen LogP contribution in [0.15, 0.2) is 24.3 Å². The summed E-state index contributed by atoms with van der Waals surface area (Å²) in [6.45, 7) is 0. The van der Waals surface area contributed by atoms with Gasteiger partial charge < -0.3 is 15.3 Å². The van der Waals surface area contributed by atoms with Crippen LogP contribution < -0.4 is 10.2 Å². The van der Waals surface area contributed by atoms with Crippen LogP contribution in [0.3, 0.4) is 0 Å². The molecule has 1 aliphatic rings. The van der Waals surface area contributed by atoms with Gasteiger partial charge in [-0.3, -0.25) is 4.79 Å². The molecule has 2 unspecified atom stereocenters. The molecule has 1 aromatic rings. The first kappa shape index (κ1) is 11.8. The predicted octanol–water partition coefficient (Wildman–Crippen LogP) is 2.03. The van der Waals surface area contributed by atoms with Crippen molar-refractivity contribution >= 4 is 17.3 Å². The number of benzene rings is 1. The molecule has 0 amide bonds. The number of nitrogens with zero attached hydrogens (tertiary/aromatic N) is 1. The minimum absolute atomic E-state index is 0.0740. The first-order valence-electron chi connectivity index (χ1n) is 5.84. The molecule has 17 heavy (non-hydrogen) atoms. The van der Waals surface area contributed by atoms with Crippen LogP contribution >= 0.6 is 0 Å². The lowest BCUT2D eigenvalue weighted by Crippen LogP contribution is -2.42. The van der Waals surface area contributed by atoms with Crippen molar-refractivity contribution < 1.29 is 9.90 Å². The largest absolute Gasteiger partial charge is 0.481 e. The lowest BCUT2D eigenvalue weighted by molar-refractivity contribution is -0.144. The normalized spacial score (nSPS) is 22.7. The number of aliphatic carboxylic acids is 1. The average Bonchev–Trinajstić information content (AvgIpc) is 2.24. The van der Waals surface area contributed by atoms with Crippen molar-refractivity contribution in [1.29, 1.82) is 0 Å². The van der Waals surface area contributed by atoms with E-state index >= 15 is 0 Å². The van der Waals surface area contributed by atoms with Gasteiger partial charge >= 0.3 is 5.97 Å². The van der Waals surface area contributed by atoms with Gasteiger partial charge in [0.05, 0.1) is 5.92 Å². The number of hydrogen-bond donors (Lipinski definition) is 2. The van der Waals surface area contributed by atoms with Crippen LogP contribution in [-0.2, 0) is 4.79 Å². The molecular weight excluding hydrogens is 216 g/mol. The predicted molar refractivity (Wildman–Crippen MR) is 68.5 cm³/mol. The minimum Gasteiger partial charge on any atom is -0.481 e. The van der Waals surface area contributed by atoms with Gasteiger partial charge in [0, 0.05) is 31.5 Å². The minimum atomic E-state index is -0.697. The zero-order valence-electron chi connectivity index (χ0n) is 10.2. The van der Waals surface area contributed by atoms with Crippen molar-refractivity contribution in [3.63, 3.8) is 0 Å². The second-order valence-electron chi connectivity index (χ2n) is 4.72. The highest BCUT2D eigenvalue weighted by atomic mass is 16.4. The SMILES string of the molecule is CN(C)c1cccc(NC2CCC2C(=O)O)c1. The Bertz CT molecular complexity index is 418. The van der Waals surface area contributed by atoms with Gasteiger partial charge in [0.2, 0.25) is 0 Å². The van der Waals surface area contributed by atoms with Gasteiger partial charge in [-0.2, -0.15) is 0 Å². The van der Waals surface area contributed by atoms with Crippen LogP contribution in [0.1, 0.15) is 12.8 Å². The monoisotopic (exact) mass is 234 g/mol. The lowest BCUT2D eigenvalue weighted by atomic mass is 9.79. The summed E-state index contributed by atoms with van der Waals surface area (Å²) in [5.74, 6) is -0.935. The zero-order chi connectivity index (χ0) is 12.4. The maximum absolute atomic E-state index is 10.9. The molecule has 0 heterocycles. The molecule has 0 bridgehead atoms. The van der Waals surface area contributed by atoms with Crippen LogP contribution in [-0.4, -0.2) is 31.2 Å². The van der Waals surface area contributed by atoms with Gasteiger partial charge in [0.25, 0.3) is 0 Å². The highest BCUT2D eigenvalue weighted by Crippen LogP contribution is 2.31. The third-order valence-electron chi connectivity index (χ3n) is 3.31. The van der Waals surface area contributed by atoms with E-state index in [1.54, 1.807) is 0 Å². The summed E-state index contributed by atoms with van der Waals surface area (Å²) in [5, 5.41) is 12.3. The Morgan fingerprint density at radius 1 is 1.41 bits per heavy atom. The van der Waals surface area contributed by atoms with Gasteiger partial charge in [0.15, 0.2) is 0 Å². The smallest absolute Gasteiger partial charge is 0.308 e. The third-order valence-corrected chi connectivity index (χ3v) is 3.31. The van der Waals surface area contributed by atoms with Gasteiger partial charge in [-0.05, 0) is 31.0 Å². The van der Waals surface area contributed by atoms with Gasteiger partial charge in [-0.1, -0.05) is 6.07 Å². The Balaban J connectivity index is 2.04. The van der Waals surface area contributed by atoms with Crippen LogP contribution in [0.4, 0.5) is 11.4 Å². The first-order valence-corrected chi connectivity index (χ1v) is 5.84. The van der Waals surface area contributed by atoms with Crippen LogP contribution in [0.5, 0.6) is 0 Å². The molecule has 2 atom stereocenters. The molecule has 1 aromatic carbocycles. The van der Waals surface area contributed by atoms with Crippen molar-refractivity contribution in [2.45, 2.75) is 18.9 Å². The fourth-order valence-electron chi connectivity index (χ4n) is 2.06. The van der Waals surface area contributed by atoms with Crippen molar-refractivity contribution in [2.24, 2.45) is 5.92 Å². The van der Waals surface area contributed by atoms with Crippen molar-refractivity contribution in [2.75, 3.05) is 24.3 Å². The Morgan fingerprint density at radius 3 is 2.71 bits per heavy atom. The molecule has 0 radical (unpaired) electrons. The van der Waals surface area contributed by atoms with Crippen LogP contribution in [0.2, 0.25) is 0 Å². The fourth-order valence-corrected chi connectivity index (χ4v) is 2.06. The average molecular weight is 234 g/mol. The molecule has 1 aliphatic carbocycles. The Kier molecular flexibility index (Phi) is 3.22. The fraction of sp³-hybridized carbons (Fsp3) is 0.462. The summed E-state index contributed by atoms with van der Waals surface area (Å²) in [5.41, 5.74) is 2.10. The van der Waals surface area contributed by atoms with Gasteiger partial charge in [-0.25, -0.2) is 0 Å². The Morgan fingerprint density at radius 2 is 2.18 bits per heavy atom. The molecular formula is C13H18N2O2. The van der Waals surface area contributed by atoms with Gasteiger partial charge in [-0.15, -0.1) is 0 Å². The van der Waals surface area contributed by atoms with E-state index in [4.69, 9.17) is 5.11 Å². The zero-order valence-corrected chi connectivity index (χ0v) is 10.2. The van der Waals surface area contributed by atoms with E-state index in [9.17, 15) is 4.79 Å². The van der Waals surface area contributed by atoms with E-state index in [-0.39, 0.29) is 12.0 Å². The molecule has 0 spiro atoms. The molecule has 92 valence electrons. The summed E-state index contributed by atoms with van der Waals surface area (Å²) < 4.78 is 0. The molecule has 1 fully saturated rings. The van der Waals surface area contributed by atoms with Crippen molar-refractivity contribution in [3.05, 3.63) is 24.3 Å². The molecule has 4 nitrogen and oxygen atoms in total. The molecule has 2 rings (SSSR count). The lowest BCUT2D eigenvalue weighted by Gasteiger charge is -2.34. The molecule has 4 heteroatoms. The van der Waals surface area contributed by atoms with Crippen molar-refractivity contribution in [1.82, 2.24) is 0 Å². The molecule has 0 saturated heterocycles. The molecule has 0 aromatic heterocycles. The highest BCUT2D eigenvalue weighted by molar-refractivity contribution is 5.73. The van der Waals surface area contributed by atoms with E-state index in [0.717, 1.165) is 24.2 Å². The van der Waals surface area contributed by atoms with Gasteiger partial charge in [0.1, 0.15) is 0 Å². The number of rotatable bonds is 4. The first-order chi connectivity index (χ1) is 8.08. The maximum atomic E-state index is 10.9. The number of nitrogens with one attached hydrogen (secondary N) is 1. The third kappa shape index (κ3) is 2.52. The second kappa shape index (κ2) is 4.65. The van der Waals surface area contributed by atoms with Crippen molar-refractivity contribution in [3.8, 4) is 0 Å².